The molecule has 0 amide bonds. The Kier molecular flexibility index (Phi) is 4.99. The third-order valence-electron chi connectivity index (χ3n) is 3.12. The Labute approximate surface area is 129 Å². The van der Waals surface area contributed by atoms with E-state index in [0.29, 0.717) is 17.2 Å². The fourth-order valence-corrected chi connectivity index (χ4v) is 2.48. The molecule has 1 aromatic carbocycles. The van der Waals surface area contributed by atoms with Gasteiger partial charge in [0.1, 0.15) is 5.69 Å². The van der Waals surface area contributed by atoms with E-state index in [9.17, 15) is 8.42 Å². The molecule has 0 fully saturated rings. The molecule has 0 spiro atoms. The van der Waals surface area contributed by atoms with E-state index < -0.39 is 10.0 Å². The van der Waals surface area contributed by atoms with Gasteiger partial charge in [0.25, 0.3) is 0 Å². The van der Waals surface area contributed by atoms with Crippen molar-refractivity contribution in [2.45, 2.75) is 6.54 Å². The van der Waals surface area contributed by atoms with Crippen LogP contribution in [0, 0.1) is 0 Å². The predicted octanol–water partition coefficient (Wildman–Crippen LogP) is 0.511. The molecular weight excluding hydrogens is 308 g/mol. The number of rotatable bonds is 7. The van der Waals surface area contributed by atoms with Gasteiger partial charge in [-0.25, -0.2) is 13.1 Å². The Hall–Kier alpha value is -2.13. The van der Waals surface area contributed by atoms with E-state index in [-0.39, 0.29) is 12.3 Å². The highest BCUT2D eigenvalue weighted by molar-refractivity contribution is 7.89. The molecule has 22 heavy (non-hydrogen) atoms. The topological polar surface area (TPSA) is 95.3 Å². The Balaban J connectivity index is 2.18. The van der Waals surface area contributed by atoms with Gasteiger partial charge in [-0.2, -0.15) is 0 Å². The van der Waals surface area contributed by atoms with Gasteiger partial charge in [0.15, 0.2) is 11.5 Å². The number of hydrogen-bond acceptors (Lipinski definition) is 6. The number of sulfonamides is 1. The molecule has 1 N–H and O–H groups in total. The van der Waals surface area contributed by atoms with Gasteiger partial charge >= 0.3 is 0 Å². The summed E-state index contributed by atoms with van der Waals surface area (Å²) in [4.78, 5) is 0. The van der Waals surface area contributed by atoms with Gasteiger partial charge in [0.2, 0.25) is 10.0 Å². The first-order valence-corrected chi connectivity index (χ1v) is 8.18. The van der Waals surface area contributed by atoms with Gasteiger partial charge in [0, 0.05) is 5.56 Å². The second kappa shape index (κ2) is 6.75. The van der Waals surface area contributed by atoms with Crippen LogP contribution in [0.2, 0.25) is 0 Å². The monoisotopic (exact) mass is 326 g/mol. The van der Waals surface area contributed by atoms with Crippen LogP contribution >= 0.6 is 0 Å². The van der Waals surface area contributed by atoms with Gasteiger partial charge in [0.05, 0.1) is 32.7 Å². The van der Waals surface area contributed by atoms with Gasteiger partial charge in [-0.05, 0) is 25.2 Å². The van der Waals surface area contributed by atoms with E-state index >= 15 is 0 Å². The third kappa shape index (κ3) is 3.74. The Morgan fingerprint density at radius 3 is 2.59 bits per heavy atom. The maximum atomic E-state index is 11.4. The molecule has 0 unspecified atom stereocenters. The lowest BCUT2D eigenvalue weighted by molar-refractivity contribution is 0.355. The Morgan fingerprint density at radius 2 is 1.95 bits per heavy atom. The van der Waals surface area contributed by atoms with Crippen molar-refractivity contribution in [3.05, 3.63) is 24.4 Å². The summed E-state index contributed by atoms with van der Waals surface area (Å²) < 4.78 is 37.0. The number of benzene rings is 1. The van der Waals surface area contributed by atoms with Crippen molar-refractivity contribution < 1.29 is 17.9 Å². The summed E-state index contributed by atoms with van der Waals surface area (Å²) in [5.41, 5.74) is 1.43. The molecule has 0 atom stereocenters. The minimum Gasteiger partial charge on any atom is -0.493 e. The van der Waals surface area contributed by atoms with Crippen molar-refractivity contribution in [2.24, 2.45) is 0 Å². The number of aromatic nitrogens is 3. The highest BCUT2D eigenvalue weighted by Gasteiger charge is 2.11. The van der Waals surface area contributed by atoms with E-state index in [4.69, 9.17) is 9.47 Å². The first-order valence-electron chi connectivity index (χ1n) is 6.53. The van der Waals surface area contributed by atoms with Crippen molar-refractivity contribution in [3.8, 4) is 22.8 Å². The van der Waals surface area contributed by atoms with Gasteiger partial charge in [-0.15, -0.1) is 5.10 Å². The summed E-state index contributed by atoms with van der Waals surface area (Å²) in [5, 5.41) is 7.98. The Morgan fingerprint density at radius 1 is 1.23 bits per heavy atom. The number of methoxy groups -OCH3 is 2. The third-order valence-corrected chi connectivity index (χ3v) is 4.46. The summed E-state index contributed by atoms with van der Waals surface area (Å²) >= 11 is 0. The van der Waals surface area contributed by atoms with Crippen LogP contribution in [-0.2, 0) is 16.6 Å². The molecule has 8 nitrogen and oxygen atoms in total. The summed E-state index contributed by atoms with van der Waals surface area (Å²) in [7, 11) is 1.23. The maximum absolute atomic E-state index is 11.4. The molecule has 0 saturated carbocycles. The summed E-state index contributed by atoms with van der Waals surface area (Å²) in [6.45, 7) is 0.226. The molecule has 2 aromatic rings. The molecule has 1 heterocycles. The molecule has 2 rings (SSSR count). The van der Waals surface area contributed by atoms with E-state index in [0.717, 1.165) is 5.56 Å². The fourth-order valence-electron chi connectivity index (χ4n) is 1.85. The van der Waals surface area contributed by atoms with Crippen molar-refractivity contribution in [1.82, 2.24) is 19.7 Å². The smallest absolute Gasteiger partial charge is 0.213 e. The highest BCUT2D eigenvalue weighted by atomic mass is 32.2. The lowest BCUT2D eigenvalue weighted by atomic mass is 10.1. The summed E-state index contributed by atoms with van der Waals surface area (Å²) in [5.74, 6) is 1.16. The normalized spacial score (nSPS) is 11.4. The van der Waals surface area contributed by atoms with Crippen LogP contribution in [0.3, 0.4) is 0 Å². The van der Waals surface area contributed by atoms with Crippen LogP contribution in [-0.4, -0.2) is 50.4 Å². The van der Waals surface area contributed by atoms with E-state index in [1.165, 1.54) is 11.7 Å². The van der Waals surface area contributed by atoms with Gasteiger partial charge in [-0.1, -0.05) is 5.21 Å². The zero-order valence-corrected chi connectivity index (χ0v) is 13.4. The first-order chi connectivity index (χ1) is 10.5. The van der Waals surface area contributed by atoms with E-state index in [1.807, 2.05) is 6.07 Å². The minimum absolute atomic E-state index is 0.0573. The zero-order valence-electron chi connectivity index (χ0n) is 12.6. The van der Waals surface area contributed by atoms with Crippen LogP contribution in [0.25, 0.3) is 11.3 Å². The molecular formula is C13H18N4O4S. The van der Waals surface area contributed by atoms with Gasteiger partial charge < -0.3 is 9.47 Å². The van der Waals surface area contributed by atoms with Crippen molar-refractivity contribution in [3.63, 3.8) is 0 Å². The summed E-state index contributed by atoms with van der Waals surface area (Å²) in [6.07, 6.45) is 1.69. The van der Waals surface area contributed by atoms with Gasteiger partial charge in [-0.3, -0.25) is 4.68 Å². The standard InChI is InChI=1S/C13H18N4O4S/c1-14-22(18,19)7-6-17-9-11(15-16-17)10-4-5-12(20-2)13(8-10)21-3/h4-5,8-9,14H,6-7H2,1-3H3. The summed E-state index contributed by atoms with van der Waals surface area (Å²) in [6, 6.07) is 5.40. The van der Waals surface area contributed by atoms with Crippen LogP contribution in [0.1, 0.15) is 0 Å². The number of aryl methyl sites for hydroxylation is 1. The van der Waals surface area contributed by atoms with Crippen molar-refractivity contribution in [2.75, 3.05) is 27.0 Å². The zero-order chi connectivity index (χ0) is 16.2. The first kappa shape index (κ1) is 16.2. The van der Waals surface area contributed by atoms with E-state index in [2.05, 4.69) is 15.0 Å². The lowest BCUT2D eigenvalue weighted by Crippen LogP contribution is -2.24. The maximum Gasteiger partial charge on any atom is 0.213 e. The van der Waals surface area contributed by atoms with Crippen LogP contribution in [0.15, 0.2) is 24.4 Å². The average Bonchev–Trinajstić information content (AvgIpc) is 3.01. The SMILES string of the molecule is CNS(=O)(=O)CCn1cc(-c2ccc(OC)c(OC)c2)nn1. The molecule has 0 aliphatic heterocycles. The second-order valence-corrected chi connectivity index (χ2v) is 6.51. The van der Waals surface area contributed by atoms with Crippen LogP contribution < -0.4 is 14.2 Å². The molecule has 0 saturated heterocycles. The number of hydrogen-bond donors (Lipinski definition) is 1. The Bertz CT molecular complexity index is 742. The van der Waals surface area contributed by atoms with Crippen LogP contribution in [0.5, 0.6) is 11.5 Å². The fraction of sp³-hybridized carbons (Fsp3) is 0.385. The molecule has 0 aliphatic carbocycles. The average molecular weight is 326 g/mol. The molecule has 0 aliphatic rings. The quantitative estimate of drug-likeness (QED) is 0.796. The lowest BCUT2D eigenvalue weighted by Gasteiger charge is -2.08. The highest BCUT2D eigenvalue weighted by Crippen LogP contribution is 2.31. The van der Waals surface area contributed by atoms with Crippen molar-refractivity contribution >= 4 is 10.0 Å². The molecule has 9 heteroatoms. The minimum atomic E-state index is -3.27. The predicted molar refractivity (Wildman–Crippen MR) is 81.4 cm³/mol. The number of nitrogens with zero attached hydrogens (tertiary/aromatic N) is 3. The largest absolute Gasteiger partial charge is 0.493 e. The molecule has 0 bridgehead atoms. The van der Waals surface area contributed by atoms with Crippen LogP contribution in [0.4, 0.5) is 0 Å². The second-order valence-electron chi connectivity index (χ2n) is 4.46. The number of ether oxygens (including phenoxy) is 2. The van der Waals surface area contributed by atoms with Crippen molar-refractivity contribution in [1.29, 1.82) is 0 Å². The molecule has 1 aromatic heterocycles. The molecule has 0 radical (unpaired) electrons. The number of nitrogens with one attached hydrogen (secondary N) is 1. The molecule has 120 valence electrons. The van der Waals surface area contributed by atoms with E-state index in [1.54, 1.807) is 32.5 Å².